The highest BCUT2D eigenvalue weighted by Crippen LogP contribution is 2.51. The van der Waals surface area contributed by atoms with E-state index in [-0.39, 0.29) is 27.4 Å². The first-order chi connectivity index (χ1) is 13.8. The number of sulfonamides is 1. The van der Waals surface area contributed by atoms with Crippen molar-refractivity contribution in [2.24, 2.45) is 0 Å². The number of halogens is 3. The molecule has 0 saturated carbocycles. The van der Waals surface area contributed by atoms with Crippen molar-refractivity contribution >= 4 is 38.6 Å². The fourth-order valence-corrected chi connectivity index (χ4v) is 6.56. The van der Waals surface area contributed by atoms with Crippen molar-refractivity contribution in [3.05, 3.63) is 59.3 Å². The number of allylic oxidation sites excluding steroid dienone is 1. The highest BCUT2D eigenvalue weighted by Gasteiger charge is 2.56. The van der Waals surface area contributed by atoms with E-state index in [2.05, 4.69) is 5.32 Å². The summed E-state index contributed by atoms with van der Waals surface area (Å²) < 4.78 is 55.3. The topological polar surface area (TPSA) is 72.2 Å². The third kappa shape index (κ3) is 3.06. The van der Waals surface area contributed by atoms with Crippen LogP contribution in [0.2, 0.25) is 5.02 Å². The third-order valence-corrected chi connectivity index (χ3v) is 8.18. The predicted molar refractivity (Wildman–Crippen MR) is 111 cm³/mol. The Morgan fingerprint density at radius 1 is 1.10 bits per heavy atom. The maximum absolute atomic E-state index is 14.0. The van der Waals surface area contributed by atoms with E-state index in [0.29, 0.717) is 31.0 Å². The first kappa shape index (κ1) is 20.3. The molecule has 0 spiro atoms. The number of nitrogens with one attached hydrogen (secondary N) is 1. The zero-order chi connectivity index (χ0) is 20.8. The van der Waals surface area contributed by atoms with Crippen molar-refractivity contribution in [2.45, 2.75) is 30.2 Å². The monoisotopic (exact) mass is 440 g/mol. The lowest BCUT2D eigenvalue weighted by atomic mass is 10.0. The standard InChI is InChI=1S/C20H21ClF2N3O2S/c21-13-4-6-15(7-5-13)29(27,28)26(14-8-10-25-11-9-14)12-16(20(22)23)19-17(24)2-1-3-18(19)26/h1-7,12,14,20,25H,8-11,24H2/q+1. The van der Waals surface area contributed by atoms with Gasteiger partial charge < -0.3 is 11.1 Å². The quantitative estimate of drug-likeness (QED) is 0.557. The lowest BCUT2D eigenvalue weighted by Gasteiger charge is -2.40. The number of alkyl halides is 2. The minimum atomic E-state index is -4.13. The molecular formula is C20H21ClF2N3O2S+. The Morgan fingerprint density at radius 2 is 1.76 bits per heavy atom. The van der Waals surface area contributed by atoms with E-state index in [1.165, 1.54) is 36.5 Å². The van der Waals surface area contributed by atoms with E-state index < -0.39 is 26.4 Å². The van der Waals surface area contributed by atoms with Gasteiger partial charge in [-0.2, -0.15) is 12.3 Å². The van der Waals surface area contributed by atoms with E-state index in [4.69, 9.17) is 17.3 Å². The molecule has 154 valence electrons. The van der Waals surface area contributed by atoms with Crippen LogP contribution in [0, 0.1) is 0 Å². The summed E-state index contributed by atoms with van der Waals surface area (Å²) in [6.07, 6.45) is -0.603. The number of rotatable bonds is 4. The van der Waals surface area contributed by atoms with Gasteiger partial charge in [0.05, 0.1) is 11.1 Å². The van der Waals surface area contributed by atoms with E-state index in [9.17, 15) is 17.2 Å². The number of nitrogens with zero attached hydrogens (tertiary/aromatic N) is 1. The Balaban J connectivity index is 2.04. The zero-order valence-electron chi connectivity index (χ0n) is 15.5. The van der Waals surface area contributed by atoms with Gasteiger partial charge in [-0.15, -0.1) is 0 Å². The molecule has 1 unspecified atom stereocenters. The molecule has 0 amide bonds. The first-order valence-corrected chi connectivity index (χ1v) is 11.1. The minimum absolute atomic E-state index is 0.0283. The van der Waals surface area contributed by atoms with Gasteiger partial charge in [0.2, 0.25) is 0 Å². The molecule has 5 nitrogen and oxygen atoms in total. The molecule has 29 heavy (non-hydrogen) atoms. The average molecular weight is 441 g/mol. The molecule has 2 aromatic rings. The molecule has 0 aliphatic carbocycles. The summed E-state index contributed by atoms with van der Waals surface area (Å²) in [5.74, 6) is 0. The van der Waals surface area contributed by atoms with Crippen molar-refractivity contribution < 1.29 is 17.2 Å². The van der Waals surface area contributed by atoms with Crippen LogP contribution in [0.4, 0.5) is 20.2 Å². The number of benzene rings is 2. The number of quaternary nitrogens is 1. The van der Waals surface area contributed by atoms with Gasteiger partial charge in [0.1, 0.15) is 17.1 Å². The molecule has 1 saturated heterocycles. The minimum Gasteiger partial charge on any atom is -0.398 e. The van der Waals surface area contributed by atoms with Crippen molar-refractivity contribution in [3.8, 4) is 0 Å². The first-order valence-electron chi connectivity index (χ1n) is 9.29. The number of nitrogens with two attached hydrogens (primary N) is 1. The molecule has 2 aliphatic rings. The van der Waals surface area contributed by atoms with Crippen LogP contribution in [0.15, 0.2) is 53.6 Å². The van der Waals surface area contributed by atoms with Crippen LogP contribution in [-0.2, 0) is 10.0 Å². The van der Waals surface area contributed by atoms with Crippen molar-refractivity contribution in [1.29, 1.82) is 0 Å². The Labute approximate surface area is 173 Å². The smallest absolute Gasteiger partial charge is 0.336 e. The fraction of sp³-hybridized carbons (Fsp3) is 0.300. The summed E-state index contributed by atoms with van der Waals surface area (Å²) in [5.41, 5.74) is 6.26. The SMILES string of the molecule is Nc1cccc2c1C(C(F)F)=C[N+]2(C1CCNCC1)S(=O)(=O)c1ccc(Cl)cc1. The second kappa shape index (κ2) is 7.36. The number of piperidine rings is 1. The van der Waals surface area contributed by atoms with Crippen molar-refractivity contribution in [3.63, 3.8) is 0 Å². The lowest BCUT2D eigenvalue weighted by molar-refractivity contribution is 0.214. The van der Waals surface area contributed by atoms with Gasteiger partial charge in [-0.25, -0.2) is 8.78 Å². The molecule has 0 aromatic heterocycles. The lowest BCUT2D eigenvalue weighted by Crippen LogP contribution is -2.58. The normalized spacial score (nSPS) is 22.6. The number of anilines is 1. The average Bonchev–Trinajstić information content (AvgIpc) is 3.08. The van der Waals surface area contributed by atoms with Gasteiger partial charge >= 0.3 is 10.0 Å². The van der Waals surface area contributed by atoms with Gasteiger partial charge in [0.25, 0.3) is 6.43 Å². The third-order valence-electron chi connectivity index (χ3n) is 5.67. The van der Waals surface area contributed by atoms with Crippen LogP contribution in [0.25, 0.3) is 5.57 Å². The summed E-state index contributed by atoms with van der Waals surface area (Å²) >= 11 is 5.94. The van der Waals surface area contributed by atoms with Crippen LogP contribution in [0.1, 0.15) is 18.4 Å². The molecule has 4 rings (SSSR count). The predicted octanol–water partition coefficient (Wildman–Crippen LogP) is 3.99. The van der Waals surface area contributed by atoms with Crippen molar-refractivity contribution in [1.82, 2.24) is 9.21 Å². The van der Waals surface area contributed by atoms with Crippen LogP contribution >= 0.6 is 11.6 Å². The number of hydrogen-bond acceptors (Lipinski definition) is 4. The molecule has 2 heterocycles. The summed E-state index contributed by atoms with van der Waals surface area (Å²) in [5, 5.41) is 3.60. The van der Waals surface area contributed by atoms with Gasteiger partial charge in [0, 0.05) is 42.7 Å². The Bertz CT molecular complexity index is 1070. The van der Waals surface area contributed by atoms with Crippen LogP contribution < -0.4 is 14.9 Å². The Hall–Kier alpha value is -2.00. The largest absolute Gasteiger partial charge is 0.398 e. The van der Waals surface area contributed by atoms with Gasteiger partial charge in [0.15, 0.2) is 5.69 Å². The Morgan fingerprint density at radius 3 is 2.38 bits per heavy atom. The highest BCUT2D eigenvalue weighted by atomic mass is 35.5. The maximum Gasteiger partial charge on any atom is 0.336 e. The second-order valence-corrected chi connectivity index (χ2v) is 9.71. The number of nitrogen functional groups attached to an aromatic ring is 1. The highest BCUT2D eigenvalue weighted by molar-refractivity contribution is 7.91. The number of hydrogen-bond donors (Lipinski definition) is 2. The molecule has 9 heteroatoms. The van der Waals surface area contributed by atoms with Crippen LogP contribution in [-0.4, -0.2) is 34.0 Å². The molecule has 2 aromatic carbocycles. The summed E-state index contributed by atoms with van der Waals surface area (Å²) in [6.45, 7) is 1.21. The van der Waals surface area contributed by atoms with Gasteiger partial charge in [-0.3, -0.25) is 0 Å². The zero-order valence-corrected chi connectivity index (χ0v) is 17.1. The molecule has 1 fully saturated rings. The van der Waals surface area contributed by atoms with E-state index in [1.807, 2.05) is 0 Å². The molecule has 0 bridgehead atoms. The molecule has 3 N–H and O–H groups in total. The van der Waals surface area contributed by atoms with Crippen LogP contribution in [0.5, 0.6) is 0 Å². The number of fused-ring (bicyclic) bond motifs is 1. The van der Waals surface area contributed by atoms with Crippen molar-refractivity contribution in [2.75, 3.05) is 18.8 Å². The van der Waals surface area contributed by atoms with E-state index in [1.54, 1.807) is 12.1 Å². The molecule has 1 atom stereocenters. The van der Waals surface area contributed by atoms with Crippen LogP contribution in [0.3, 0.4) is 0 Å². The Kier molecular flexibility index (Phi) is 5.14. The summed E-state index contributed by atoms with van der Waals surface area (Å²) in [7, 11) is -4.13. The van der Waals surface area contributed by atoms with Gasteiger partial charge in [-0.1, -0.05) is 17.7 Å². The maximum atomic E-state index is 14.0. The fourth-order valence-electron chi connectivity index (χ4n) is 4.34. The molecular weight excluding hydrogens is 420 g/mol. The van der Waals surface area contributed by atoms with E-state index in [0.717, 1.165) is 0 Å². The summed E-state index contributed by atoms with van der Waals surface area (Å²) in [4.78, 5) is 0.0283. The molecule has 2 aliphatic heterocycles. The summed E-state index contributed by atoms with van der Waals surface area (Å²) in [6, 6.07) is 10.1. The van der Waals surface area contributed by atoms with Gasteiger partial charge in [-0.05, 0) is 30.3 Å². The molecule has 0 radical (unpaired) electrons. The second-order valence-electron chi connectivity index (χ2n) is 7.25. The van der Waals surface area contributed by atoms with E-state index >= 15 is 0 Å².